The molecule has 1 aromatic rings. The van der Waals surface area contributed by atoms with Crippen molar-refractivity contribution in [1.29, 1.82) is 0 Å². The highest BCUT2D eigenvalue weighted by Crippen LogP contribution is 2.19. The molecular weight excluding hydrogens is 241 g/mol. The van der Waals surface area contributed by atoms with Crippen molar-refractivity contribution in [3.8, 4) is 0 Å². The van der Waals surface area contributed by atoms with Crippen LogP contribution < -0.4 is 0 Å². The van der Waals surface area contributed by atoms with Gasteiger partial charge in [-0.15, -0.1) is 0 Å². The maximum Gasteiger partial charge on any atom is 0.254 e. The van der Waals surface area contributed by atoms with Gasteiger partial charge >= 0.3 is 0 Å². The maximum atomic E-state index is 13.4. The van der Waals surface area contributed by atoms with Gasteiger partial charge in [0.15, 0.2) is 0 Å². The quantitative estimate of drug-likeness (QED) is 0.782. The number of benzene rings is 1. The summed E-state index contributed by atoms with van der Waals surface area (Å²) in [7, 11) is 0. The predicted octanol–water partition coefficient (Wildman–Crippen LogP) is 4.17. The molecule has 0 heterocycles. The number of hydrogen-bond acceptors (Lipinski definition) is 1. The predicted molar refractivity (Wildman–Crippen MR) is 76.8 cm³/mol. The number of carbonyl (C=O) groups excluding carboxylic acids is 1. The third-order valence-corrected chi connectivity index (χ3v) is 3.80. The zero-order chi connectivity index (χ0) is 14.6. The monoisotopic (exact) mass is 265 g/mol. The van der Waals surface area contributed by atoms with Crippen LogP contribution in [0.2, 0.25) is 0 Å². The van der Waals surface area contributed by atoms with Crippen molar-refractivity contribution in [2.24, 2.45) is 0 Å². The van der Waals surface area contributed by atoms with E-state index in [4.69, 9.17) is 0 Å². The summed E-state index contributed by atoms with van der Waals surface area (Å²) in [5.74, 6) is -0.428. The maximum absolute atomic E-state index is 13.4. The minimum Gasteiger partial charge on any atom is -0.333 e. The average molecular weight is 265 g/mol. The molecule has 0 bridgehead atoms. The summed E-state index contributed by atoms with van der Waals surface area (Å²) in [6.45, 7) is 10.0. The Balaban J connectivity index is 3.15. The van der Waals surface area contributed by atoms with E-state index in [0.717, 1.165) is 18.4 Å². The Kier molecular flexibility index (Phi) is 5.52. The molecule has 1 amide bonds. The van der Waals surface area contributed by atoms with Gasteiger partial charge in [-0.1, -0.05) is 19.9 Å². The molecule has 0 fully saturated rings. The third-order valence-electron chi connectivity index (χ3n) is 3.80. The first kappa shape index (κ1) is 15.7. The third kappa shape index (κ3) is 3.55. The van der Waals surface area contributed by atoms with Crippen LogP contribution in [0.25, 0.3) is 0 Å². The molecule has 1 aromatic carbocycles. The molecule has 0 aliphatic carbocycles. The molecular formula is C16H24FNO. The van der Waals surface area contributed by atoms with Crippen LogP contribution in [0.1, 0.15) is 56.5 Å². The second kappa shape index (κ2) is 6.69. The van der Waals surface area contributed by atoms with Crippen molar-refractivity contribution in [2.75, 3.05) is 0 Å². The number of carbonyl (C=O) groups is 1. The molecule has 0 aromatic heterocycles. The molecule has 0 saturated carbocycles. The lowest BCUT2D eigenvalue weighted by Gasteiger charge is -2.34. The number of halogens is 1. The summed E-state index contributed by atoms with van der Waals surface area (Å²) >= 11 is 0. The van der Waals surface area contributed by atoms with Crippen LogP contribution in [-0.2, 0) is 0 Å². The molecule has 0 N–H and O–H groups in total. The molecule has 3 heteroatoms. The standard InChI is InChI=1S/C16H24FNO/c1-6-12(4)18(13(5)7-2)16(19)15-10-14(17)9-8-11(15)3/h8-10,12-13H,6-7H2,1-5H3/t12-,13-/m0/s1. The molecule has 0 radical (unpaired) electrons. The van der Waals surface area contributed by atoms with E-state index in [1.165, 1.54) is 12.1 Å². The molecule has 0 unspecified atom stereocenters. The number of hydrogen-bond donors (Lipinski definition) is 0. The van der Waals surface area contributed by atoms with Crippen LogP contribution in [0.3, 0.4) is 0 Å². The van der Waals surface area contributed by atoms with E-state index in [9.17, 15) is 9.18 Å². The van der Waals surface area contributed by atoms with Crippen molar-refractivity contribution < 1.29 is 9.18 Å². The highest BCUT2D eigenvalue weighted by atomic mass is 19.1. The molecule has 0 spiro atoms. The van der Waals surface area contributed by atoms with Crippen molar-refractivity contribution in [1.82, 2.24) is 4.90 Å². The Hall–Kier alpha value is -1.38. The topological polar surface area (TPSA) is 20.3 Å². The molecule has 2 atom stereocenters. The molecule has 0 aliphatic rings. The molecule has 106 valence electrons. The van der Waals surface area contributed by atoms with Crippen molar-refractivity contribution >= 4 is 5.91 Å². The smallest absolute Gasteiger partial charge is 0.254 e. The lowest BCUT2D eigenvalue weighted by atomic mass is 10.0. The van der Waals surface area contributed by atoms with Gasteiger partial charge in [-0.3, -0.25) is 4.79 Å². The van der Waals surface area contributed by atoms with Crippen molar-refractivity contribution in [3.63, 3.8) is 0 Å². The van der Waals surface area contributed by atoms with E-state index < -0.39 is 0 Å². The SMILES string of the molecule is CC[C@H](C)N(C(=O)c1cc(F)ccc1C)[C@@H](C)CC. The summed E-state index contributed by atoms with van der Waals surface area (Å²) in [4.78, 5) is 14.6. The van der Waals surface area contributed by atoms with Crippen LogP contribution >= 0.6 is 0 Å². The van der Waals surface area contributed by atoms with Crippen LogP contribution in [-0.4, -0.2) is 22.9 Å². The fourth-order valence-electron chi connectivity index (χ4n) is 2.19. The van der Waals surface area contributed by atoms with Crippen molar-refractivity contribution in [2.45, 2.75) is 59.5 Å². The second-order valence-electron chi connectivity index (χ2n) is 5.19. The molecule has 19 heavy (non-hydrogen) atoms. The van der Waals surface area contributed by atoms with E-state index in [2.05, 4.69) is 13.8 Å². The molecule has 0 aliphatic heterocycles. The Labute approximate surface area is 115 Å². The van der Waals surface area contributed by atoms with E-state index >= 15 is 0 Å². The Bertz CT molecular complexity index is 434. The molecule has 2 nitrogen and oxygen atoms in total. The van der Waals surface area contributed by atoms with Gasteiger partial charge in [0, 0.05) is 17.6 Å². The molecule has 1 rings (SSSR count). The van der Waals surface area contributed by atoms with Gasteiger partial charge in [0.05, 0.1) is 0 Å². The number of nitrogens with zero attached hydrogens (tertiary/aromatic N) is 1. The fourth-order valence-corrected chi connectivity index (χ4v) is 2.19. The van der Waals surface area contributed by atoms with Gasteiger partial charge in [0.2, 0.25) is 0 Å². The first-order chi connectivity index (χ1) is 8.92. The Morgan fingerprint density at radius 2 is 1.74 bits per heavy atom. The number of aryl methyl sites for hydroxylation is 1. The largest absolute Gasteiger partial charge is 0.333 e. The Morgan fingerprint density at radius 1 is 1.21 bits per heavy atom. The summed E-state index contributed by atoms with van der Waals surface area (Å²) in [5, 5.41) is 0. The van der Waals surface area contributed by atoms with Gasteiger partial charge in [-0.05, 0) is 51.3 Å². The van der Waals surface area contributed by atoms with Gasteiger partial charge in [-0.2, -0.15) is 0 Å². The summed E-state index contributed by atoms with van der Waals surface area (Å²) in [6, 6.07) is 4.71. The number of amides is 1. The second-order valence-corrected chi connectivity index (χ2v) is 5.19. The minimum absolute atomic E-state index is 0.0688. The highest BCUT2D eigenvalue weighted by molar-refractivity contribution is 5.96. The zero-order valence-corrected chi connectivity index (χ0v) is 12.5. The van der Waals surface area contributed by atoms with E-state index in [-0.39, 0.29) is 23.8 Å². The van der Waals surface area contributed by atoms with Crippen molar-refractivity contribution in [3.05, 3.63) is 35.1 Å². The fraction of sp³-hybridized carbons (Fsp3) is 0.562. The van der Waals surface area contributed by atoms with Crippen LogP contribution in [0.15, 0.2) is 18.2 Å². The minimum atomic E-state index is -0.359. The van der Waals surface area contributed by atoms with Gasteiger partial charge in [-0.25, -0.2) is 4.39 Å². The number of rotatable bonds is 5. The van der Waals surface area contributed by atoms with E-state index in [1.807, 2.05) is 25.7 Å². The highest BCUT2D eigenvalue weighted by Gasteiger charge is 2.25. The normalized spacial score (nSPS) is 14.0. The first-order valence-corrected chi connectivity index (χ1v) is 7.01. The summed E-state index contributed by atoms with van der Waals surface area (Å²) < 4.78 is 13.4. The van der Waals surface area contributed by atoms with Crippen LogP contribution in [0, 0.1) is 12.7 Å². The zero-order valence-electron chi connectivity index (χ0n) is 12.5. The van der Waals surface area contributed by atoms with E-state index in [1.54, 1.807) is 6.07 Å². The van der Waals surface area contributed by atoms with Crippen LogP contribution in [0.5, 0.6) is 0 Å². The lowest BCUT2D eigenvalue weighted by Crippen LogP contribution is -2.44. The average Bonchev–Trinajstić information content (AvgIpc) is 2.40. The van der Waals surface area contributed by atoms with E-state index in [0.29, 0.717) is 5.56 Å². The van der Waals surface area contributed by atoms with Gasteiger partial charge in [0.25, 0.3) is 5.91 Å². The van der Waals surface area contributed by atoms with Crippen LogP contribution in [0.4, 0.5) is 4.39 Å². The Morgan fingerprint density at radius 3 is 2.21 bits per heavy atom. The van der Waals surface area contributed by atoms with Gasteiger partial charge in [0.1, 0.15) is 5.82 Å². The first-order valence-electron chi connectivity index (χ1n) is 7.01. The summed E-state index contributed by atoms with van der Waals surface area (Å²) in [5.41, 5.74) is 1.30. The lowest BCUT2D eigenvalue weighted by molar-refractivity contribution is 0.0597. The summed E-state index contributed by atoms with van der Waals surface area (Å²) in [6.07, 6.45) is 1.79. The molecule has 0 saturated heterocycles. The van der Waals surface area contributed by atoms with Gasteiger partial charge < -0.3 is 4.90 Å².